The van der Waals surface area contributed by atoms with Crippen LogP contribution in [0.15, 0.2) is 60.8 Å². The number of methoxy groups -OCH3 is 1. The molecule has 0 aliphatic heterocycles. The molecule has 1 aromatic heterocycles. The van der Waals surface area contributed by atoms with E-state index in [0.717, 1.165) is 28.3 Å². The summed E-state index contributed by atoms with van der Waals surface area (Å²) in [6.07, 6.45) is 4.82. The number of para-hydroxylation sites is 1. The van der Waals surface area contributed by atoms with Crippen molar-refractivity contribution in [2.45, 2.75) is 26.6 Å². The van der Waals surface area contributed by atoms with Gasteiger partial charge in [0.15, 0.2) is 0 Å². The standard InChI is InChI=1S/C23H24ClN3O3/c1-3-27-21(20(24)14-26-27)15-25-23(28)12-10-17-9-11-22(29-2)18(13-17)16-30-19-7-5-4-6-8-19/h4-14H,3,15-16H2,1-2H3,(H,25,28)/b12-10+. The summed E-state index contributed by atoms with van der Waals surface area (Å²) in [5, 5.41) is 7.54. The zero-order chi connectivity index (χ0) is 21.3. The van der Waals surface area contributed by atoms with Crippen molar-refractivity contribution in [3.05, 3.63) is 82.6 Å². The number of carbonyl (C=O) groups excluding carboxylic acids is 1. The Balaban J connectivity index is 1.63. The van der Waals surface area contributed by atoms with Crippen LogP contribution in [0.2, 0.25) is 5.02 Å². The molecule has 0 radical (unpaired) electrons. The summed E-state index contributed by atoms with van der Waals surface area (Å²) in [6, 6.07) is 15.3. The number of aromatic nitrogens is 2. The summed E-state index contributed by atoms with van der Waals surface area (Å²) in [5.74, 6) is 1.30. The third-order valence-electron chi connectivity index (χ3n) is 4.50. The lowest BCUT2D eigenvalue weighted by Gasteiger charge is -2.11. The van der Waals surface area contributed by atoms with E-state index < -0.39 is 0 Å². The zero-order valence-electron chi connectivity index (χ0n) is 17.0. The van der Waals surface area contributed by atoms with Gasteiger partial charge in [-0.25, -0.2) is 0 Å². The molecule has 1 amide bonds. The third-order valence-corrected chi connectivity index (χ3v) is 4.81. The number of hydrogen-bond acceptors (Lipinski definition) is 4. The Morgan fingerprint density at radius 1 is 1.23 bits per heavy atom. The molecular weight excluding hydrogens is 402 g/mol. The van der Waals surface area contributed by atoms with Gasteiger partial charge in [-0.3, -0.25) is 9.48 Å². The topological polar surface area (TPSA) is 65.4 Å². The molecule has 0 saturated heterocycles. The minimum absolute atomic E-state index is 0.215. The molecule has 6 nitrogen and oxygen atoms in total. The second-order valence-electron chi connectivity index (χ2n) is 6.48. The maximum atomic E-state index is 12.2. The number of hydrogen-bond donors (Lipinski definition) is 1. The molecule has 0 bridgehead atoms. The lowest BCUT2D eigenvalue weighted by molar-refractivity contribution is -0.116. The number of ether oxygens (including phenoxy) is 2. The molecule has 0 aliphatic rings. The van der Waals surface area contributed by atoms with Crippen molar-refractivity contribution in [2.24, 2.45) is 0 Å². The molecule has 30 heavy (non-hydrogen) atoms. The summed E-state index contributed by atoms with van der Waals surface area (Å²) < 4.78 is 13.0. The largest absolute Gasteiger partial charge is 0.496 e. The van der Waals surface area contributed by atoms with Crippen LogP contribution in [0.5, 0.6) is 11.5 Å². The zero-order valence-corrected chi connectivity index (χ0v) is 17.7. The molecule has 0 saturated carbocycles. The molecule has 0 unspecified atom stereocenters. The molecule has 3 rings (SSSR count). The van der Waals surface area contributed by atoms with E-state index in [1.54, 1.807) is 24.1 Å². The van der Waals surface area contributed by atoms with Crippen molar-refractivity contribution in [3.8, 4) is 11.5 Å². The predicted octanol–water partition coefficient (Wildman–Crippen LogP) is 4.47. The van der Waals surface area contributed by atoms with E-state index in [-0.39, 0.29) is 5.91 Å². The fourth-order valence-corrected chi connectivity index (χ4v) is 3.14. The summed E-state index contributed by atoms with van der Waals surface area (Å²) >= 11 is 6.12. The first-order valence-corrected chi connectivity index (χ1v) is 9.99. The van der Waals surface area contributed by atoms with Gasteiger partial charge >= 0.3 is 0 Å². The van der Waals surface area contributed by atoms with E-state index in [1.807, 2.05) is 55.5 Å². The number of aryl methyl sites for hydroxylation is 1. The highest BCUT2D eigenvalue weighted by Crippen LogP contribution is 2.23. The van der Waals surface area contributed by atoms with E-state index in [2.05, 4.69) is 10.4 Å². The van der Waals surface area contributed by atoms with Gasteiger partial charge in [-0.05, 0) is 42.8 Å². The van der Waals surface area contributed by atoms with Crippen LogP contribution in [-0.4, -0.2) is 22.8 Å². The fourth-order valence-electron chi connectivity index (χ4n) is 2.93. The van der Waals surface area contributed by atoms with Gasteiger partial charge in [0, 0.05) is 18.2 Å². The Labute approximate surface area is 181 Å². The Morgan fingerprint density at radius 3 is 2.77 bits per heavy atom. The SMILES string of the molecule is CCn1ncc(Cl)c1CNC(=O)/C=C/c1ccc(OC)c(COc2ccccc2)c1. The van der Waals surface area contributed by atoms with E-state index in [9.17, 15) is 4.79 Å². The van der Waals surface area contributed by atoms with Crippen molar-refractivity contribution in [3.63, 3.8) is 0 Å². The first-order valence-electron chi connectivity index (χ1n) is 9.61. The van der Waals surface area contributed by atoms with Gasteiger partial charge in [-0.15, -0.1) is 0 Å². The number of nitrogens with zero attached hydrogens (tertiary/aromatic N) is 2. The molecule has 0 fully saturated rings. The second kappa shape index (κ2) is 10.5. The molecule has 156 valence electrons. The van der Waals surface area contributed by atoms with E-state index >= 15 is 0 Å². The van der Waals surface area contributed by atoms with Gasteiger partial charge < -0.3 is 14.8 Å². The number of benzene rings is 2. The van der Waals surface area contributed by atoms with Gasteiger partial charge in [0.1, 0.15) is 18.1 Å². The van der Waals surface area contributed by atoms with Crippen LogP contribution in [0.25, 0.3) is 6.08 Å². The van der Waals surface area contributed by atoms with E-state index in [1.165, 1.54) is 6.08 Å². The van der Waals surface area contributed by atoms with Gasteiger partial charge in [-0.2, -0.15) is 5.10 Å². The van der Waals surface area contributed by atoms with Gasteiger partial charge in [0.05, 0.1) is 30.6 Å². The number of halogens is 1. The summed E-state index contributed by atoms with van der Waals surface area (Å²) in [7, 11) is 1.62. The fraction of sp³-hybridized carbons (Fsp3) is 0.217. The van der Waals surface area contributed by atoms with E-state index in [4.69, 9.17) is 21.1 Å². The molecule has 1 N–H and O–H groups in total. The van der Waals surface area contributed by atoms with E-state index in [0.29, 0.717) is 24.7 Å². The molecule has 0 spiro atoms. The summed E-state index contributed by atoms with van der Waals surface area (Å²) in [6.45, 7) is 3.33. The molecule has 1 heterocycles. The molecule has 0 aliphatic carbocycles. The summed E-state index contributed by atoms with van der Waals surface area (Å²) in [5.41, 5.74) is 2.54. The maximum absolute atomic E-state index is 12.2. The number of carbonyl (C=O) groups is 1. The Bertz CT molecular complexity index is 1020. The first kappa shape index (κ1) is 21.5. The minimum Gasteiger partial charge on any atom is -0.496 e. The number of nitrogens with one attached hydrogen (secondary N) is 1. The van der Waals surface area contributed by atoms with Crippen LogP contribution in [0, 0.1) is 0 Å². The Kier molecular flexibility index (Phi) is 7.51. The molecule has 3 aromatic rings. The van der Waals surface area contributed by atoms with Gasteiger partial charge in [-0.1, -0.05) is 35.9 Å². The van der Waals surface area contributed by atoms with Crippen LogP contribution >= 0.6 is 11.6 Å². The van der Waals surface area contributed by atoms with Crippen molar-refractivity contribution >= 4 is 23.6 Å². The quantitative estimate of drug-likeness (QED) is 0.513. The predicted molar refractivity (Wildman–Crippen MR) is 118 cm³/mol. The van der Waals surface area contributed by atoms with Crippen LogP contribution in [0.1, 0.15) is 23.7 Å². The lowest BCUT2D eigenvalue weighted by Crippen LogP contribution is -2.22. The molecule has 2 aromatic carbocycles. The maximum Gasteiger partial charge on any atom is 0.244 e. The monoisotopic (exact) mass is 425 g/mol. The van der Waals surface area contributed by atoms with Crippen molar-refractivity contribution in [1.29, 1.82) is 0 Å². The van der Waals surface area contributed by atoms with Crippen LogP contribution < -0.4 is 14.8 Å². The average Bonchev–Trinajstić information content (AvgIpc) is 3.14. The first-order chi connectivity index (χ1) is 14.6. The highest BCUT2D eigenvalue weighted by molar-refractivity contribution is 6.31. The lowest BCUT2D eigenvalue weighted by atomic mass is 10.1. The highest BCUT2D eigenvalue weighted by Gasteiger charge is 2.09. The van der Waals surface area contributed by atoms with Gasteiger partial charge in [0.25, 0.3) is 0 Å². The Hall–Kier alpha value is -3.25. The highest BCUT2D eigenvalue weighted by atomic mass is 35.5. The molecular formula is C23H24ClN3O3. The van der Waals surface area contributed by atoms with Crippen molar-refractivity contribution < 1.29 is 14.3 Å². The normalized spacial score (nSPS) is 10.9. The van der Waals surface area contributed by atoms with Crippen molar-refractivity contribution in [2.75, 3.05) is 7.11 Å². The smallest absolute Gasteiger partial charge is 0.244 e. The second-order valence-corrected chi connectivity index (χ2v) is 6.89. The minimum atomic E-state index is -0.215. The van der Waals surface area contributed by atoms with Crippen molar-refractivity contribution in [1.82, 2.24) is 15.1 Å². The number of rotatable bonds is 9. The van der Waals surface area contributed by atoms with Crippen LogP contribution in [0.4, 0.5) is 0 Å². The van der Waals surface area contributed by atoms with Crippen LogP contribution in [0.3, 0.4) is 0 Å². The Morgan fingerprint density at radius 2 is 2.03 bits per heavy atom. The number of amides is 1. The van der Waals surface area contributed by atoms with Crippen LogP contribution in [-0.2, 0) is 24.5 Å². The molecule has 7 heteroatoms. The van der Waals surface area contributed by atoms with Gasteiger partial charge in [0.2, 0.25) is 5.91 Å². The molecule has 0 atom stereocenters. The average molecular weight is 426 g/mol. The third kappa shape index (κ3) is 5.64. The summed E-state index contributed by atoms with van der Waals surface area (Å²) in [4.78, 5) is 12.2.